The second kappa shape index (κ2) is 10.3. The van der Waals surface area contributed by atoms with Crippen LogP contribution in [-0.2, 0) is 21.2 Å². The molecule has 7 heteroatoms. The smallest absolute Gasteiger partial charge is 0.238 e. The van der Waals surface area contributed by atoms with E-state index in [2.05, 4.69) is 5.32 Å². The summed E-state index contributed by atoms with van der Waals surface area (Å²) in [6.45, 7) is 8.24. The van der Waals surface area contributed by atoms with Gasteiger partial charge in [0.1, 0.15) is 11.8 Å². The number of benzene rings is 1. The molecule has 6 nitrogen and oxygen atoms in total. The molecule has 0 aromatic heterocycles. The van der Waals surface area contributed by atoms with Gasteiger partial charge in [-0.05, 0) is 70.6 Å². The molecule has 0 bridgehead atoms. The highest BCUT2D eigenvalue weighted by atomic mass is 32.2. The van der Waals surface area contributed by atoms with E-state index in [1.165, 1.54) is 9.87 Å². The first-order chi connectivity index (χ1) is 13.2. The zero-order valence-corrected chi connectivity index (χ0v) is 18.3. The topological polar surface area (TPSA) is 75.7 Å². The van der Waals surface area contributed by atoms with Crippen molar-refractivity contribution in [3.05, 3.63) is 29.8 Å². The fourth-order valence-corrected chi connectivity index (χ4v) is 5.26. The molecule has 1 aromatic rings. The van der Waals surface area contributed by atoms with E-state index in [1.54, 1.807) is 0 Å². The summed E-state index contributed by atoms with van der Waals surface area (Å²) in [5.41, 5.74) is 1.19. The van der Waals surface area contributed by atoms with Gasteiger partial charge in [0.25, 0.3) is 0 Å². The number of hydrogen-bond acceptors (Lipinski definition) is 4. The molecule has 1 fully saturated rings. The minimum Gasteiger partial charge on any atom is -0.491 e. The van der Waals surface area contributed by atoms with Gasteiger partial charge in [0, 0.05) is 12.6 Å². The highest BCUT2D eigenvalue weighted by molar-refractivity contribution is 7.89. The monoisotopic (exact) mass is 410 g/mol. The summed E-state index contributed by atoms with van der Waals surface area (Å²) < 4.78 is 31.8. The SMILES string of the molecule is CCCS(=O)(=O)N1CCCC1C(=O)NC(C)CCc1ccc(OC(C)C)cc1. The van der Waals surface area contributed by atoms with Gasteiger partial charge in [0.2, 0.25) is 15.9 Å². The zero-order chi connectivity index (χ0) is 20.7. The third-order valence-electron chi connectivity index (χ3n) is 4.88. The van der Waals surface area contributed by atoms with Crippen molar-refractivity contribution in [2.24, 2.45) is 0 Å². The van der Waals surface area contributed by atoms with Crippen molar-refractivity contribution in [3.8, 4) is 5.75 Å². The number of amides is 1. The number of sulfonamides is 1. The molecular formula is C21H34N2O4S. The largest absolute Gasteiger partial charge is 0.491 e. The van der Waals surface area contributed by atoms with Crippen molar-refractivity contribution in [3.63, 3.8) is 0 Å². The molecule has 2 rings (SSSR count). The first kappa shape index (κ1) is 22.7. The molecule has 2 atom stereocenters. The average molecular weight is 411 g/mol. The molecule has 0 aliphatic carbocycles. The van der Waals surface area contributed by atoms with E-state index in [4.69, 9.17) is 4.74 Å². The molecule has 28 heavy (non-hydrogen) atoms. The minimum atomic E-state index is -3.35. The Bertz CT molecular complexity index is 731. The summed E-state index contributed by atoms with van der Waals surface area (Å²) in [6.07, 6.45) is 3.68. The Morgan fingerprint density at radius 2 is 1.93 bits per heavy atom. The van der Waals surface area contributed by atoms with Crippen LogP contribution >= 0.6 is 0 Å². The Morgan fingerprint density at radius 3 is 2.54 bits per heavy atom. The summed E-state index contributed by atoms with van der Waals surface area (Å²) in [6, 6.07) is 7.44. The molecule has 0 saturated carbocycles. The van der Waals surface area contributed by atoms with Gasteiger partial charge in [0.15, 0.2) is 0 Å². The summed E-state index contributed by atoms with van der Waals surface area (Å²) in [4.78, 5) is 12.6. The molecular weight excluding hydrogens is 376 g/mol. The lowest BCUT2D eigenvalue weighted by Crippen LogP contribution is -2.48. The maximum atomic E-state index is 12.6. The van der Waals surface area contributed by atoms with E-state index in [1.807, 2.05) is 52.0 Å². The van der Waals surface area contributed by atoms with Crippen molar-refractivity contribution in [1.29, 1.82) is 0 Å². The third kappa shape index (κ3) is 6.48. The Morgan fingerprint density at radius 1 is 1.25 bits per heavy atom. The summed E-state index contributed by atoms with van der Waals surface area (Å²) in [7, 11) is -3.35. The highest BCUT2D eigenvalue weighted by Crippen LogP contribution is 2.22. The Labute approximate surface area is 169 Å². The van der Waals surface area contributed by atoms with E-state index < -0.39 is 16.1 Å². The number of hydrogen-bond donors (Lipinski definition) is 1. The van der Waals surface area contributed by atoms with E-state index in [0.717, 1.165) is 25.0 Å². The van der Waals surface area contributed by atoms with Gasteiger partial charge in [-0.25, -0.2) is 8.42 Å². The van der Waals surface area contributed by atoms with Crippen LogP contribution in [0.5, 0.6) is 5.75 Å². The van der Waals surface area contributed by atoms with Crippen LogP contribution in [0, 0.1) is 0 Å². The molecule has 0 spiro atoms. The van der Waals surface area contributed by atoms with Crippen LogP contribution in [0.2, 0.25) is 0 Å². The van der Waals surface area contributed by atoms with Crippen LogP contribution in [0.4, 0.5) is 0 Å². The Kier molecular flexibility index (Phi) is 8.31. The van der Waals surface area contributed by atoms with E-state index in [9.17, 15) is 13.2 Å². The van der Waals surface area contributed by atoms with Gasteiger partial charge < -0.3 is 10.1 Å². The van der Waals surface area contributed by atoms with Crippen molar-refractivity contribution in [2.45, 2.75) is 78.0 Å². The molecule has 2 unspecified atom stereocenters. The molecule has 158 valence electrons. The number of nitrogens with one attached hydrogen (secondary N) is 1. The first-order valence-corrected chi connectivity index (χ1v) is 11.9. The number of nitrogens with zero attached hydrogens (tertiary/aromatic N) is 1. The second-order valence-corrected chi connectivity index (χ2v) is 9.88. The van der Waals surface area contributed by atoms with Gasteiger partial charge in [-0.2, -0.15) is 4.31 Å². The standard InChI is InChI=1S/C21H34N2O4S/c1-5-15-28(25,26)23-14-6-7-20(23)21(24)22-17(4)8-9-18-10-12-19(13-11-18)27-16(2)3/h10-13,16-17,20H,5-9,14-15H2,1-4H3,(H,22,24). The molecule has 1 amide bonds. The average Bonchev–Trinajstić information content (AvgIpc) is 3.11. The van der Waals surface area contributed by atoms with Gasteiger partial charge in [-0.15, -0.1) is 0 Å². The first-order valence-electron chi connectivity index (χ1n) is 10.3. The highest BCUT2D eigenvalue weighted by Gasteiger charge is 2.38. The molecule has 0 radical (unpaired) electrons. The summed E-state index contributed by atoms with van der Waals surface area (Å²) in [5.74, 6) is 0.781. The molecule has 1 N–H and O–H groups in total. The number of carbonyl (C=O) groups is 1. The normalized spacial score (nSPS) is 19.0. The van der Waals surface area contributed by atoms with Gasteiger partial charge in [-0.3, -0.25) is 4.79 Å². The third-order valence-corrected chi connectivity index (χ3v) is 6.95. The summed E-state index contributed by atoms with van der Waals surface area (Å²) in [5, 5.41) is 3.00. The van der Waals surface area contributed by atoms with E-state index in [0.29, 0.717) is 19.4 Å². The predicted molar refractivity (Wildman–Crippen MR) is 112 cm³/mol. The molecule has 1 saturated heterocycles. The Balaban J connectivity index is 1.85. The zero-order valence-electron chi connectivity index (χ0n) is 17.5. The van der Waals surface area contributed by atoms with E-state index >= 15 is 0 Å². The summed E-state index contributed by atoms with van der Waals surface area (Å²) >= 11 is 0. The van der Waals surface area contributed by atoms with Crippen LogP contribution in [0.3, 0.4) is 0 Å². The van der Waals surface area contributed by atoms with Crippen molar-refractivity contribution >= 4 is 15.9 Å². The van der Waals surface area contributed by atoms with Crippen molar-refractivity contribution in [1.82, 2.24) is 9.62 Å². The van der Waals surface area contributed by atoms with E-state index in [-0.39, 0.29) is 23.8 Å². The Hall–Kier alpha value is -1.60. The van der Waals surface area contributed by atoms with Gasteiger partial charge in [0.05, 0.1) is 11.9 Å². The van der Waals surface area contributed by atoms with Gasteiger partial charge >= 0.3 is 0 Å². The van der Waals surface area contributed by atoms with Crippen LogP contribution in [-0.4, -0.2) is 49.1 Å². The lowest BCUT2D eigenvalue weighted by molar-refractivity contribution is -0.124. The number of rotatable bonds is 10. The fourth-order valence-electron chi connectivity index (χ4n) is 3.51. The molecule has 1 aliphatic rings. The maximum Gasteiger partial charge on any atom is 0.238 e. The maximum absolute atomic E-state index is 12.6. The van der Waals surface area contributed by atoms with Crippen LogP contribution < -0.4 is 10.1 Å². The van der Waals surface area contributed by atoms with Crippen LogP contribution in [0.1, 0.15) is 58.9 Å². The van der Waals surface area contributed by atoms with Gasteiger partial charge in [-0.1, -0.05) is 19.1 Å². The molecule has 1 aromatic carbocycles. The minimum absolute atomic E-state index is 0.0181. The number of carbonyl (C=O) groups excluding carboxylic acids is 1. The predicted octanol–water partition coefficient (Wildman–Crippen LogP) is 3.12. The second-order valence-electron chi connectivity index (χ2n) is 7.84. The molecule has 1 aliphatic heterocycles. The lowest BCUT2D eigenvalue weighted by atomic mass is 10.1. The molecule has 1 heterocycles. The number of aryl methyl sites for hydroxylation is 1. The lowest BCUT2D eigenvalue weighted by Gasteiger charge is -2.25. The number of ether oxygens (including phenoxy) is 1. The fraction of sp³-hybridized carbons (Fsp3) is 0.667. The van der Waals surface area contributed by atoms with Crippen LogP contribution in [0.25, 0.3) is 0 Å². The quantitative estimate of drug-likeness (QED) is 0.643. The van der Waals surface area contributed by atoms with Crippen LogP contribution in [0.15, 0.2) is 24.3 Å². The van der Waals surface area contributed by atoms with Crippen molar-refractivity contribution < 1.29 is 17.9 Å². The van der Waals surface area contributed by atoms with Crippen molar-refractivity contribution in [2.75, 3.05) is 12.3 Å².